The van der Waals surface area contributed by atoms with Gasteiger partial charge in [-0.1, -0.05) is 17.7 Å². The minimum atomic E-state index is 0.732. The molecule has 126 valence electrons. The van der Waals surface area contributed by atoms with Gasteiger partial charge in [-0.15, -0.1) is 10.2 Å². The second kappa shape index (κ2) is 5.45. The normalized spacial score (nSPS) is 11.5. The molecule has 0 aliphatic rings. The Bertz CT molecular complexity index is 1250. The van der Waals surface area contributed by atoms with Gasteiger partial charge in [0.05, 0.1) is 17.3 Å². The summed E-state index contributed by atoms with van der Waals surface area (Å²) in [4.78, 5) is 8.69. The fraction of sp³-hybridized carbons (Fsp3) is 0.105. The fourth-order valence-corrected chi connectivity index (χ4v) is 3.24. The fourth-order valence-electron chi connectivity index (χ4n) is 3.24. The molecule has 1 aromatic carbocycles. The molecule has 26 heavy (non-hydrogen) atoms. The molecule has 0 radical (unpaired) electrons. The van der Waals surface area contributed by atoms with Gasteiger partial charge in [-0.05, 0) is 37.6 Å². The summed E-state index contributed by atoms with van der Waals surface area (Å²) in [6.45, 7) is 4.16. The van der Waals surface area contributed by atoms with Crippen LogP contribution >= 0.6 is 0 Å². The molecule has 0 spiro atoms. The van der Waals surface area contributed by atoms with E-state index in [9.17, 15) is 0 Å². The van der Waals surface area contributed by atoms with Crippen LogP contribution in [0.4, 0.5) is 0 Å². The molecule has 4 aromatic heterocycles. The number of nitrogens with zero attached hydrogens (tertiary/aromatic N) is 7. The average Bonchev–Trinajstić information content (AvgIpc) is 3.26. The van der Waals surface area contributed by atoms with Crippen LogP contribution in [0.2, 0.25) is 0 Å². The molecule has 0 aliphatic carbocycles. The minimum Gasteiger partial charge on any atom is -0.265 e. The molecule has 0 fully saturated rings. The van der Waals surface area contributed by atoms with Crippen LogP contribution in [0.5, 0.6) is 0 Å². The van der Waals surface area contributed by atoms with Gasteiger partial charge in [0.1, 0.15) is 6.33 Å². The van der Waals surface area contributed by atoms with Crippen LogP contribution < -0.4 is 0 Å². The smallest absolute Gasteiger partial charge is 0.175 e. The molecule has 0 saturated heterocycles. The first-order chi connectivity index (χ1) is 12.7. The zero-order valence-electron chi connectivity index (χ0n) is 14.3. The van der Waals surface area contributed by atoms with Crippen molar-refractivity contribution in [2.75, 3.05) is 0 Å². The SMILES string of the molecule is Cc1ccc(-n2ncc3c2ncn2c(-c4ccncc4)nnc32)c(C)c1. The van der Waals surface area contributed by atoms with E-state index in [0.717, 1.165) is 39.3 Å². The third kappa shape index (κ3) is 2.10. The Hall–Kier alpha value is -3.61. The summed E-state index contributed by atoms with van der Waals surface area (Å²) in [6, 6.07) is 10.1. The molecule has 0 atom stereocenters. The van der Waals surface area contributed by atoms with Gasteiger partial charge in [-0.2, -0.15) is 5.10 Å². The molecule has 0 unspecified atom stereocenters. The first-order valence-electron chi connectivity index (χ1n) is 8.28. The average molecular weight is 341 g/mol. The molecular weight excluding hydrogens is 326 g/mol. The topological polar surface area (TPSA) is 73.8 Å². The summed E-state index contributed by atoms with van der Waals surface area (Å²) in [7, 11) is 0. The second-order valence-corrected chi connectivity index (χ2v) is 6.28. The van der Waals surface area contributed by atoms with E-state index in [1.165, 1.54) is 5.56 Å². The predicted molar refractivity (Wildman–Crippen MR) is 98.1 cm³/mol. The highest BCUT2D eigenvalue weighted by atomic mass is 15.3. The first-order valence-corrected chi connectivity index (χ1v) is 8.28. The standard InChI is InChI=1S/C19H15N7/c1-12-3-4-16(13(2)9-12)26-18-15(10-22-26)19-24-23-17(25(19)11-21-18)14-5-7-20-8-6-14/h3-11H,1-2H3. The van der Waals surface area contributed by atoms with E-state index in [-0.39, 0.29) is 0 Å². The van der Waals surface area contributed by atoms with Gasteiger partial charge >= 0.3 is 0 Å². The van der Waals surface area contributed by atoms with Crippen LogP contribution in [0.1, 0.15) is 11.1 Å². The van der Waals surface area contributed by atoms with Crippen LogP contribution in [0.15, 0.2) is 55.2 Å². The summed E-state index contributed by atoms with van der Waals surface area (Å²) < 4.78 is 3.73. The number of hydrogen-bond donors (Lipinski definition) is 0. The molecule has 5 aromatic rings. The Morgan fingerprint density at radius 2 is 1.77 bits per heavy atom. The Balaban J connectivity index is 1.74. The van der Waals surface area contributed by atoms with Gasteiger partial charge in [-0.3, -0.25) is 9.38 Å². The highest BCUT2D eigenvalue weighted by Crippen LogP contribution is 2.25. The van der Waals surface area contributed by atoms with E-state index in [1.54, 1.807) is 24.9 Å². The van der Waals surface area contributed by atoms with Gasteiger partial charge in [0.25, 0.3) is 0 Å². The van der Waals surface area contributed by atoms with Crippen molar-refractivity contribution < 1.29 is 0 Å². The number of rotatable bonds is 2. The van der Waals surface area contributed by atoms with E-state index in [4.69, 9.17) is 0 Å². The number of hydrogen-bond acceptors (Lipinski definition) is 5. The summed E-state index contributed by atoms with van der Waals surface area (Å²) in [6.07, 6.45) is 7.01. The Morgan fingerprint density at radius 3 is 2.58 bits per heavy atom. The largest absolute Gasteiger partial charge is 0.265 e. The monoisotopic (exact) mass is 341 g/mol. The number of fused-ring (bicyclic) bond motifs is 3. The second-order valence-electron chi connectivity index (χ2n) is 6.28. The van der Waals surface area contributed by atoms with Crippen molar-refractivity contribution in [1.29, 1.82) is 0 Å². The number of pyridine rings is 1. The van der Waals surface area contributed by atoms with Crippen molar-refractivity contribution in [3.05, 3.63) is 66.4 Å². The lowest BCUT2D eigenvalue weighted by atomic mass is 10.1. The van der Waals surface area contributed by atoms with Crippen LogP contribution in [-0.2, 0) is 0 Å². The van der Waals surface area contributed by atoms with Crippen LogP contribution in [0, 0.1) is 13.8 Å². The minimum absolute atomic E-state index is 0.732. The molecule has 0 aliphatic heterocycles. The maximum absolute atomic E-state index is 4.64. The molecule has 4 heterocycles. The van der Waals surface area contributed by atoms with Crippen molar-refractivity contribution in [1.82, 2.24) is 34.3 Å². The van der Waals surface area contributed by atoms with Gasteiger partial charge in [-0.25, -0.2) is 9.67 Å². The third-order valence-corrected chi connectivity index (χ3v) is 4.50. The summed E-state index contributed by atoms with van der Waals surface area (Å²) >= 11 is 0. The van der Waals surface area contributed by atoms with E-state index >= 15 is 0 Å². The molecule has 0 N–H and O–H groups in total. The maximum atomic E-state index is 4.64. The van der Waals surface area contributed by atoms with E-state index in [1.807, 2.05) is 21.2 Å². The van der Waals surface area contributed by atoms with E-state index in [2.05, 4.69) is 57.3 Å². The molecule has 7 heteroatoms. The lowest BCUT2D eigenvalue weighted by Gasteiger charge is -2.08. The Morgan fingerprint density at radius 1 is 0.923 bits per heavy atom. The molecule has 0 bridgehead atoms. The van der Waals surface area contributed by atoms with Gasteiger partial charge < -0.3 is 0 Å². The third-order valence-electron chi connectivity index (χ3n) is 4.50. The van der Waals surface area contributed by atoms with E-state index in [0.29, 0.717) is 0 Å². The van der Waals surface area contributed by atoms with Crippen molar-refractivity contribution in [2.24, 2.45) is 0 Å². The molecule has 5 rings (SSSR count). The lowest BCUT2D eigenvalue weighted by molar-refractivity contribution is 0.885. The summed E-state index contributed by atoms with van der Waals surface area (Å²) in [5.41, 5.74) is 5.82. The van der Waals surface area contributed by atoms with Gasteiger partial charge in [0.2, 0.25) is 0 Å². The summed E-state index contributed by atoms with van der Waals surface area (Å²) in [5.74, 6) is 0.732. The Labute approximate surface area is 149 Å². The van der Waals surface area contributed by atoms with Crippen LogP contribution in [0.3, 0.4) is 0 Å². The van der Waals surface area contributed by atoms with Gasteiger partial charge in [0, 0.05) is 18.0 Å². The van der Waals surface area contributed by atoms with Crippen molar-refractivity contribution >= 4 is 16.7 Å². The molecule has 7 nitrogen and oxygen atoms in total. The number of aromatic nitrogens is 7. The molecular formula is C19H15N7. The first kappa shape index (κ1) is 14.7. The van der Waals surface area contributed by atoms with E-state index < -0.39 is 0 Å². The lowest BCUT2D eigenvalue weighted by Crippen LogP contribution is -2.01. The Kier molecular flexibility index (Phi) is 3.08. The van der Waals surface area contributed by atoms with Crippen molar-refractivity contribution in [3.8, 4) is 17.1 Å². The maximum Gasteiger partial charge on any atom is 0.175 e. The van der Waals surface area contributed by atoms with Gasteiger partial charge in [0.15, 0.2) is 17.1 Å². The highest BCUT2D eigenvalue weighted by molar-refractivity contribution is 5.90. The predicted octanol–water partition coefficient (Wildman–Crippen LogP) is 3.14. The zero-order chi connectivity index (χ0) is 17.7. The van der Waals surface area contributed by atoms with Crippen LogP contribution in [-0.4, -0.2) is 34.3 Å². The van der Waals surface area contributed by atoms with Crippen molar-refractivity contribution in [2.45, 2.75) is 13.8 Å². The summed E-state index contributed by atoms with van der Waals surface area (Å²) in [5, 5.41) is 14.1. The molecule has 0 amide bonds. The highest BCUT2D eigenvalue weighted by Gasteiger charge is 2.16. The number of aryl methyl sites for hydroxylation is 2. The quantitative estimate of drug-likeness (QED) is 0.493. The zero-order valence-corrected chi connectivity index (χ0v) is 14.3. The molecule has 0 saturated carbocycles. The number of benzene rings is 1. The van der Waals surface area contributed by atoms with Crippen molar-refractivity contribution in [3.63, 3.8) is 0 Å². The van der Waals surface area contributed by atoms with Crippen LogP contribution in [0.25, 0.3) is 33.8 Å².